The second-order valence-electron chi connectivity index (χ2n) is 10.6. The van der Waals surface area contributed by atoms with E-state index < -0.39 is 0 Å². The number of thiophene rings is 1. The summed E-state index contributed by atoms with van der Waals surface area (Å²) in [5, 5.41) is 7.37. The number of benzene rings is 5. The van der Waals surface area contributed by atoms with E-state index in [2.05, 4.69) is 126 Å². The highest BCUT2D eigenvalue weighted by molar-refractivity contribution is 7.21. The van der Waals surface area contributed by atoms with Crippen molar-refractivity contribution in [2.75, 3.05) is 0 Å². The van der Waals surface area contributed by atoms with Crippen LogP contribution in [-0.4, -0.2) is 14.5 Å². The Morgan fingerprint density at radius 3 is 2.26 bits per heavy atom. The smallest absolute Gasteiger partial charge is 0.235 e. The van der Waals surface area contributed by atoms with E-state index in [1.807, 2.05) is 23.5 Å². The Kier molecular flexibility index (Phi) is 5.09. The number of hydrogen-bond donors (Lipinski definition) is 0. The maximum absolute atomic E-state index is 5.33. The number of allylic oxidation sites excluding steroid dienone is 2. The molecular weight excluding hydrogens is 531 g/mol. The molecule has 3 heterocycles. The fourth-order valence-corrected chi connectivity index (χ4v) is 7.83. The van der Waals surface area contributed by atoms with Gasteiger partial charge in [-0.1, -0.05) is 97.1 Å². The van der Waals surface area contributed by atoms with Crippen LogP contribution in [0.3, 0.4) is 0 Å². The summed E-state index contributed by atoms with van der Waals surface area (Å²) in [5.74, 6) is 0.688. The molecule has 0 atom stereocenters. The van der Waals surface area contributed by atoms with E-state index in [1.54, 1.807) is 0 Å². The molecule has 0 bridgehead atoms. The number of nitrogens with zero attached hydrogens (tertiary/aromatic N) is 3. The molecule has 196 valence electrons. The first-order valence-corrected chi connectivity index (χ1v) is 15.0. The summed E-state index contributed by atoms with van der Waals surface area (Å²) in [6, 6.07) is 36.3. The molecule has 0 amide bonds. The quantitative estimate of drug-likeness (QED) is 0.199. The third-order valence-electron chi connectivity index (χ3n) is 8.30. The van der Waals surface area contributed by atoms with Gasteiger partial charge < -0.3 is 0 Å². The van der Waals surface area contributed by atoms with Gasteiger partial charge in [0.25, 0.3) is 0 Å². The molecule has 0 fully saturated rings. The highest BCUT2D eigenvalue weighted by Gasteiger charge is 2.24. The van der Waals surface area contributed by atoms with E-state index in [-0.39, 0.29) is 0 Å². The van der Waals surface area contributed by atoms with E-state index >= 15 is 0 Å². The Hall–Kier alpha value is -5.28. The van der Waals surface area contributed by atoms with Crippen LogP contribution >= 0.6 is 11.3 Å². The molecule has 4 heteroatoms. The molecule has 8 aromatic rings. The molecule has 0 spiro atoms. The van der Waals surface area contributed by atoms with Crippen LogP contribution < -0.4 is 0 Å². The van der Waals surface area contributed by atoms with Crippen molar-refractivity contribution in [2.45, 2.75) is 6.42 Å². The topological polar surface area (TPSA) is 30.7 Å². The Balaban J connectivity index is 1.51. The van der Waals surface area contributed by atoms with Crippen LogP contribution in [0.15, 0.2) is 127 Å². The molecule has 3 aromatic heterocycles. The van der Waals surface area contributed by atoms with Gasteiger partial charge in [0.1, 0.15) is 0 Å². The summed E-state index contributed by atoms with van der Waals surface area (Å²) < 4.78 is 3.57. The lowest BCUT2D eigenvalue weighted by molar-refractivity contribution is 1.02. The zero-order valence-corrected chi connectivity index (χ0v) is 23.4. The van der Waals surface area contributed by atoms with Gasteiger partial charge in [0, 0.05) is 32.0 Å². The fraction of sp³-hybridized carbons (Fsp3) is 0.0263. The zero-order chi connectivity index (χ0) is 27.6. The molecule has 0 radical (unpaired) electrons. The molecule has 0 saturated carbocycles. The predicted octanol–water partition coefficient (Wildman–Crippen LogP) is 10.0. The molecule has 1 aliphatic rings. The number of aromatic nitrogens is 3. The average molecular weight is 554 g/mol. The van der Waals surface area contributed by atoms with Crippen molar-refractivity contribution in [2.24, 2.45) is 0 Å². The molecule has 0 aliphatic heterocycles. The number of hydrogen-bond acceptors (Lipinski definition) is 3. The highest BCUT2D eigenvalue weighted by Crippen LogP contribution is 2.47. The average Bonchev–Trinajstić information content (AvgIpc) is 3.56. The Morgan fingerprint density at radius 2 is 1.40 bits per heavy atom. The molecule has 9 rings (SSSR count). The predicted molar refractivity (Wildman–Crippen MR) is 178 cm³/mol. The molecule has 42 heavy (non-hydrogen) atoms. The fourth-order valence-electron chi connectivity index (χ4n) is 6.53. The Labute approximate surface area is 246 Å². The van der Waals surface area contributed by atoms with Gasteiger partial charge in [0.2, 0.25) is 5.95 Å². The van der Waals surface area contributed by atoms with Crippen molar-refractivity contribution in [3.8, 4) is 17.2 Å². The molecule has 5 aromatic carbocycles. The third-order valence-corrected chi connectivity index (χ3v) is 9.50. The van der Waals surface area contributed by atoms with Crippen LogP contribution in [0.2, 0.25) is 0 Å². The van der Waals surface area contributed by atoms with E-state index in [0.29, 0.717) is 5.95 Å². The van der Waals surface area contributed by atoms with Crippen LogP contribution in [0.5, 0.6) is 0 Å². The van der Waals surface area contributed by atoms with Crippen molar-refractivity contribution >= 4 is 71.0 Å². The lowest BCUT2D eigenvalue weighted by Crippen LogP contribution is -2.03. The van der Waals surface area contributed by atoms with Crippen LogP contribution in [0.1, 0.15) is 10.4 Å². The van der Waals surface area contributed by atoms with E-state index in [9.17, 15) is 0 Å². The van der Waals surface area contributed by atoms with Gasteiger partial charge in [-0.15, -0.1) is 17.1 Å². The molecule has 1 aliphatic carbocycles. The maximum Gasteiger partial charge on any atom is 0.235 e. The number of para-hydroxylation sites is 2. The van der Waals surface area contributed by atoms with Crippen LogP contribution in [-0.2, 0) is 6.42 Å². The summed E-state index contributed by atoms with van der Waals surface area (Å²) in [6.45, 7) is 0. The van der Waals surface area contributed by atoms with E-state index in [0.717, 1.165) is 34.1 Å². The van der Waals surface area contributed by atoms with Gasteiger partial charge in [0.05, 0.1) is 26.9 Å². The van der Waals surface area contributed by atoms with Crippen LogP contribution in [0.25, 0.3) is 76.8 Å². The largest absolute Gasteiger partial charge is 0.276 e. The van der Waals surface area contributed by atoms with Gasteiger partial charge >= 0.3 is 0 Å². The van der Waals surface area contributed by atoms with Crippen molar-refractivity contribution in [3.63, 3.8) is 0 Å². The maximum atomic E-state index is 5.33. The zero-order valence-electron chi connectivity index (χ0n) is 22.6. The standard InChI is InChI=1S/C38H23N3S/c1-2-7-23-32-29(20-6-1)34-26-17-9-8-16-25(26)33-28-19-11-13-22-31(28)41(36(33)37(34)42-32)38-39-30-21-12-10-18-27(30)35(40-38)24-14-4-3-5-15-24/h2-19,21-23H,20H2/b23-7-. The van der Waals surface area contributed by atoms with Gasteiger partial charge in [-0.05, 0) is 53.1 Å². The van der Waals surface area contributed by atoms with Crippen molar-refractivity contribution in [1.82, 2.24) is 14.5 Å². The van der Waals surface area contributed by atoms with E-state index in [4.69, 9.17) is 9.97 Å². The molecule has 3 nitrogen and oxygen atoms in total. The lowest BCUT2D eigenvalue weighted by atomic mass is 9.96. The molecule has 0 unspecified atom stereocenters. The van der Waals surface area contributed by atoms with Crippen molar-refractivity contribution in [3.05, 3.63) is 138 Å². The monoisotopic (exact) mass is 553 g/mol. The lowest BCUT2D eigenvalue weighted by Gasteiger charge is -2.12. The van der Waals surface area contributed by atoms with Crippen LogP contribution in [0.4, 0.5) is 0 Å². The minimum absolute atomic E-state index is 0.688. The van der Waals surface area contributed by atoms with Crippen molar-refractivity contribution < 1.29 is 0 Å². The number of fused-ring (bicyclic) bond motifs is 11. The van der Waals surface area contributed by atoms with E-state index in [1.165, 1.54) is 47.6 Å². The van der Waals surface area contributed by atoms with Gasteiger partial charge in [-0.2, -0.15) is 0 Å². The summed E-state index contributed by atoms with van der Waals surface area (Å²) >= 11 is 1.86. The summed E-state index contributed by atoms with van der Waals surface area (Å²) in [4.78, 5) is 11.8. The minimum atomic E-state index is 0.688. The molecule has 0 N–H and O–H groups in total. The first-order valence-electron chi connectivity index (χ1n) is 14.2. The number of rotatable bonds is 2. The minimum Gasteiger partial charge on any atom is -0.276 e. The SMILES string of the molecule is C1=C/C=C\c2sc3c(c2CC=1)c1ccccc1c1c2ccccc2n(-c2nc(-c4ccccc4)c4ccccc4n2)c31. The third kappa shape index (κ3) is 3.34. The molecule has 0 saturated heterocycles. The van der Waals surface area contributed by atoms with Gasteiger partial charge in [-0.3, -0.25) is 4.57 Å². The first-order chi connectivity index (χ1) is 20.9. The summed E-state index contributed by atoms with van der Waals surface area (Å²) in [6.07, 6.45) is 9.30. The Morgan fingerprint density at radius 1 is 0.690 bits per heavy atom. The Bertz CT molecular complexity index is 2470. The highest BCUT2D eigenvalue weighted by atomic mass is 32.1. The van der Waals surface area contributed by atoms with Crippen molar-refractivity contribution in [1.29, 1.82) is 0 Å². The first kappa shape index (κ1) is 23.4. The second-order valence-corrected chi connectivity index (χ2v) is 11.7. The second kappa shape index (κ2) is 9.12. The summed E-state index contributed by atoms with van der Waals surface area (Å²) in [5.41, 5.74) is 9.89. The molecular formula is C38H23N3S. The normalized spacial score (nSPS) is 13.7. The van der Waals surface area contributed by atoms with Crippen LogP contribution in [0, 0.1) is 0 Å². The van der Waals surface area contributed by atoms with Gasteiger partial charge in [0.15, 0.2) is 0 Å². The summed E-state index contributed by atoms with van der Waals surface area (Å²) in [7, 11) is 0. The van der Waals surface area contributed by atoms with Gasteiger partial charge in [-0.25, -0.2) is 9.97 Å².